The summed E-state index contributed by atoms with van der Waals surface area (Å²) in [6.07, 6.45) is 6.42. The minimum atomic E-state index is 0.0377. The first-order valence-corrected chi connectivity index (χ1v) is 6.93. The highest BCUT2D eigenvalue weighted by molar-refractivity contribution is 5.78. The van der Waals surface area contributed by atoms with E-state index in [-0.39, 0.29) is 17.9 Å². The summed E-state index contributed by atoms with van der Waals surface area (Å²) in [7, 11) is 0. The first-order valence-electron chi connectivity index (χ1n) is 6.93. The number of carbonyl (C=O) groups excluding carboxylic acids is 1. The molecule has 1 aromatic rings. The van der Waals surface area contributed by atoms with Crippen molar-refractivity contribution in [3.05, 3.63) is 29.6 Å². The molecule has 0 aliphatic rings. The van der Waals surface area contributed by atoms with Gasteiger partial charge in [0.25, 0.3) is 0 Å². The number of aryl methyl sites for hydroxylation is 1. The van der Waals surface area contributed by atoms with Crippen molar-refractivity contribution in [2.45, 2.75) is 52.6 Å². The number of nitrogens with zero attached hydrogens (tertiary/aromatic N) is 1. The average Bonchev–Trinajstić information content (AvgIpc) is 2.36. The van der Waals surface area contributed by atoms with Crippen LogP contribution in [0.1, 0.15) is 44.2 Å². The van der Waals surface area contributed by atoms with Gasteiger partial charge in [-0.3, -0.25) is 9.78 Å². The first-order chi connectivity index (χ1) is 9.00. The molecule has 4 heteroatoms. The van der Waals surface area contributed by atoms with E-state index >= 15 is 0 Å². The maximum Gasteiger partial charge on any atom is 0.223 e. The van der Waals surface area contributed by atoms with Gasteiger partial charge in [-0.2, -0.15) is 0 Å². The van der Waals surface area contributed by atoms with Crippen molar-refractivity contribution >= 4 is 5.91 Å². The molecule has 0 bridgehead atoms. The van der Waals surface area contributed by atoms with Crippen molar-refractivity contribution in [3.63, 3.8) is 0 Å². The van der Waals surface area contributed by atoms with Crippen LogP contribution in [0.2, 0.25) is 0 Å². The highest BCUT2D eigenvalue weighted by Gasteiger charge is 2.12. The monoisotopic (exact) mass is 263 g/mol. The highest BCUT2D eigenvalue weighted by atomic mass is 16.1. The predicted octanol–water partition coefficient (Wildman–Crippen LogP) is 2.16. The number of nitrogens with one attached hydrogen (secondary N) is 1. The molecular formula is C15H25N3O. The number of hydrogen-bond acceptors (Lipinski definition) is 3. The zero-order valence-electron chi connectivity index (χ0n) is 12.1. The summed E-state index contributed by atoms with van der Waals surface area (Å²) in [5.41, 5.74) is 7.92. The van der Waals surface area contributed by atoms with Gasteiger partial charge in [-0.25, -0.2) is 0 Å². The lowest BCUT2D eigenvalue weighted by molar-refractivity contribution is -0.124. The molecule has 0 fully saturated rings. The number of rotatable bonds is 7. The Hall–Kier alpha value is -1.42. The van der Waals surface area contributed by atoms with Crippen LogP contribution in [0.3, 0.4) is 0 Å². The lowest BCUT2D eigenvalue weighted by Crippen LogP contribution is -2.29. The Morgan fingerprint density at radius 3 is 2.79 bits per heavy atom. The standard InChI is InChI=1S/C15H25N3O/c1-11-7-8-17-9-14(11)10-18-15(19)12(2)5-4-6-13(3)16/h7-9,12-13H,4-6,10,16H2,1-3H3,(H,18,19). The Morgan fingerprint density at radius 1 is 1.42 bits per heavy atom. The molecule has 3 N–H and O–H groups in total. The largest absolute Gasteiger partial charge is 0.352 e. The Labute approximate surface area is 115 Å². The van der Waals surface area contributed by atoms with Crippen LogP contribution in [0.5, 0.6) is 0 Å². The molecule has 1 heterocycles. The van der Waals surface area contributed by atoms with Crippen molar-refractivity contribution in [1.29, 1.82) is 0 Å². The van der Waals surface area contributed by atoms with Crippen molar-refractivity contribution < 1.29 is 4.79 Å². The van der Waals surface area contributed by atoms with Gasteiger partial charge in [-0.1, -0.05) is 13.3 Å². The van der Waals surface area contributed by atoms with Gasteiger partial charge in [0.1, 0.15) is 0 Å². The molecule has 4 nitrogen and oxygen atoms in total. The van der Waals surface area contributed by atoms with Gasteiger partial charge < -0.3 is 11.1 Å². The molecule has 2 atom stereocenters. The van der Waals surface area contributed by atoms with Crippen LogP contribution in [0.4, 0.5) is 0 Å². The average molecular weight is 263 g/mol. The van der Waals surface area contributed by atoms with E-state index in [1.54, 1.807) is 12.4 Å². The molecule has 0 saturated carbocycles. The summed E-state index contributed by atoms with van der Waals surface area (Å²) in [6.45, 7) is 6.54. The van der Waals surface area contributed by atoms with E-state index in [1.807, 2.05) is 26.8 Å². The van der Waals surface area contributed by atoms with Crippen LogP contribution in [0.25, 0.3) is 0 Å². The molecule has 19 heavy (non-hydrogen) atoms. The van der Waals surface area contributed by atoms with Gasteiger partial charge in [0, 0.05) is 30.9 Å². The summed E-state index contributed by atoms with van der Waals surface area (Å²) in [5.74, 6) is 0.142. The maximum absolute atomic E-state index is 11.9. The van der Waals surface area contributed by atoms with Crippen LogP contribution in [-0.4, -0.2) is 16.9 Å². The third-order valence-corrected chi connectivity index (χ3v) is 3.34. The predicted molar refractivity (Wildman–Crippen MR) is 77.5 cm³/mol. The zero-order chi connectivity index (χ0) is 14.3. The number of pyridine rings is 1. The minimum absolute atomic E-state index is 0.0377. The van der Waals surface area contributed by atoms with E-state index in [2.05, 4.69) is 10.3 Å². The van der Waals surface area contributed by atoms with Crippen LogP contribution in [0, 0.1) is 12.8 Å². The molecule has 0 radical (unpaired) electrons. The van der Waals surface area contributed by atoms with Gasteiger partial charge in [-0.05, 0) is 43.9 Å². The van der Waals surface area contributed by atoms with Gasteiger partial charge in [0.2, 0.25) is 5.91 Å². The van der Waals surface area contributed by atoms with Gasteiger partial charge in [-0.15, -0.1) is 0 Å². The van der Waals surface area contributed by atoms with E-state index in [4.69, 9.17) is 5.73 Å². The molecule has 0 aliphatic carbocycles. The Morgan fingerprint density at radius 2 is 2.16 bits per heavy atom. The summed E-state index contributed by atoms with van der Waals surface area (Å²) in [4.78, 5) is 16.0. The highest BCUT2D eigenvalue weighted by Crippen LogP contribution is 2.10. The fourth-order valence-corrected chi connectivity index (χ4v) is 1.92. The number of hydrogen-bond donors (Lipinski definition) is 2. The van der Waals surface area contributed by atoms with Gasteiger partial charge in [0.15, 0.2) is 0 Å². The number of carbonyl (C=O) groups is 1. The van der Waals surface area contributed by atoms with Gasteiger partial charge >= 0.3 is 0 Å². The van der Waals surface area contributed by atoms with E-state index in [0.29, 0.717) is 6.54 Å². The number of amides is 1. The Bertz CT molecular complexity index is 404. The quantitative estimate of drug-likeness (QED) is 0.792. The lowest BCUT2D eigenvalue weighted by atomic mass is 10.0. The van der Waals surface area contributed by atoms with Gasteiger partial charge in [0.05, 0.1) is 0 Å². The number of aromatic nitrogens is 1. The first kappa shape index (κ1) is 15.6. The van der Waals surface area contributed by atoms with E-state index < -0.39 is 0 Å². The normalized spacial score (nSPS) is 13.9. The second-order valence-electron chi connectivity index (χ2n) is 5.33. The van der Waals surface area contributed by atoms with Crippen LogP contribution < -0.4 is 11.1 Å². The second kappa shape index (κ2) is 7.89. The smallest absolute Gasteiger partial charge is 0.223 e. The molecule has 106 valence electrons. The van der Waals surface area contributed by atoms with E-state index in [9.17, 15) is 4.79 Å². The topological polar surface area (TPSA) is 68.0 Å². The van der Waals surface area contributed by atoms with Crippen molar-refractivity contribution in [3.8, 4) is 0 Å². The molecule has 0 saturated heterocycles. The van der Waals surface area contributed by atoms with E-state index in [1.165, 1.54) is 0 Å². The molecule has 1 aromatic heterocycles. The fraction of sp³-hybridized carbons (Fsp3) is 0.600. The summed E-state index contributed by atoms with van der Waals surface area (Å²) < 4.78 is 0. The SMILES string of the molecule is Cc1ccncc1CNC(=O)C(C)CCCC(C)N. The zero-order valence-corrected chi connectivity index (χ0v) is 12.1. The third kappa shape index (κ3) is 5.83. The maximum atomic E-state index is 11.9. The van der Waals surface area contributed by atoms with Crippen LogP contribution >= 0.6 is 0 Å². The number of nitrogens with two attached hydrogens (primary N) is 1. The molecular weight excluding hydrogens is 238 g/mol. The van der Waals surface area contributed by atoms with Crippen molar-refractivity contribution in [1.82, 2.24) is 10.3 Å². The molecule has 0 aliphatic heterocycles. The second-order valence-corrected chi connectivity index (χ2v) is 5.33. The minimum Gasteiger partial charge on any atom is -0.352 e. The van der Waals surface area contributed by atoms with Crippen molar-refractivity contribution in [2.24, 2.45) is 11.7 Å². The fourth-order valence-electron chi connectivity index (χ4n) is 1.92. The summed E-state index contributed by atoms with van der Waals surface area (Å²) in [6, 6.07) is 2.17. The van der Waals surface area contributed by atoms with E-state index in [0.717, 1.165) is 30.4 Å². The molecule has 1 amide bonds. The molecule has 2 unspecified atom stereocenters. The van der Waals surface area contributed by atoms with Crippen LogP contribution in [0.15, 0.2) is 18.5 Å². The lowest BCUT2D eigenvalue weighted by Gasteiger charge is -2.13. The summed E-state index contributed by atoms with van der Waals surface area (Å²) in [5, 5.41) is 2.97. The molecule has 0 aromatic carbocycles. The Kier molecular flexibility index (Phi) is 6.50. The van der Waals surface area contributed by atoms with Crippen LogP contribution in [-0.2, 0) is 11.3 Å². The summed E-state index contributed by atoms with van der Waals surface area (Å²) >= 11 is 0. The molecule has 0 spiro atoms. The van der Waals surface area contributed by atoms with Crippen molar-refractivity contribution in [2.75, 3.05) is 0 Å². The Balaban J connectivity index is 2.32. The molecule has 1 rings (SSSR count). The third-order valence-electron chi connectivity index (χ3n) is 3.34.